The minimum Gasteiger partial charge on any atom is -0.377 e. The smallest absolute Gasteiger partial charge is 0.252 e. The number of hydrogen-bond acceptors (Lipinski definition) is 4. The Bertz CT molecular complexity index is 475. The van der Waals surface area contributed by atoms with Gasteiger partial charge in [-0.25, -0.2) is 0 Å². The molecule has 3 N–H and O–H groups in total. The highest BCUT2D eigenvalue weighted by atomic mass is 16.5. The van der Waals surface area contributed by atoms with Crippen LogP contribution in [0.5, 0.6) is 0 Å². The quantitative estimate of drug-likeness (QED) is 0.599. The van der Waals surface area contributed by atoms with Crippen molar-refractivity contribution in [2.45, 2.75) is 20.0 Å². The van der Waals surface area contributed by atoms with Gasteiger partial charge in [0.2, 0.25) is 0 Å². The summed E-state index contributed by atoms with van der Waals surface area (Å²) >= 11 is 0. The van der Waals surface area contributed by atoms with E-state index in [0.29, 0.717) is 24.3 Å². The zero-order chi connectivity index (χ0) is 14.1. The Morgan fingerprint density at radius 1 is 1.53 bits per heavy atom. The molecule has 0 saturated carbocycles. The lowest BCUT2D eigenvalue weighted by Crippen LogP contribution is -2.28. The lowest BCUT2D eigenvalue weighted by atomic mass is 10.2. The van der Waals surface area contributed by atoms with Crippen LogP contribution in [0.15, 0.2) is 18.5 Å². The molecule has 5 heteroatoms. The first kappa shape index (κ1) is 15.2. The number of nitrogens with one attached hydrogen (secondary N) is 1. The first-order chi connectivity index (χ1) is 9.13. The van der Waals surface area contributed by atoms with Crippen LogP contribution in [0.1, 0.15) is 29.8 Å². The van der Waals surface area contributed by atoms with Gasteiger partial charge in [0.15, 0.2) is 0 Å². The van der Waals surface area contributed by atoms with Gasteiger partial charge in [-0.15, -0.1) is 0 Å². The summed E-state index contributed by atoms with van der Waals surface area (Å²) < 4.78 is 5.34. The van der Waals surface area contributed by atoms with Crippen LogP contribution in [0.3, 0.4) is 0 Å². The molecular formula is C14H19N3O2. The number of nitrogens with zero attached hydrogens (tertiary/aromatic N) is 1. The minimum absolute atomic E-state index is 0.161. The predicted molar refractivity (Wildman–Crippen MR) is 73.6 cm³/mol. The fourth-order valence-corrected chi connectivity index (χ4v) is 1.35. The summed E-state index contributed by atoms with van der Waals surface area (Å²) in [6, 6.07) is 1.69. The molecule has 1 aromatic rings. The van der Waals surface area contributed by atoms with Crippen LogP contribution >= 0.6 is 0 Å². The van der Waals surface area contributed by atoms with E-state index in [4.69, 9.17) is 10.5 Å². The van der Waals surface area contributed by atoms with E-state index < -0.39 is 0 Å². The minimum atomic E-state index is -0.184. The van der Waals surface area contributed by atoms with Gasteiger partial charge < -0.3 is 15.8 Å². The van der Waals surface area contributed by atoms with E-state index in [1.807, 2.05) is 13.8 Å². The van der Waals surface area contributed by atoms with Gasteiger partial charge >= 0.3 is 0 Å². The molecule has 0 aliphatic heterocycles. The number of nitrogens with two attached hydrogens (primary N) is 1. The monoisotopic (exact) mass is 261 g/mol. The maximum Gasteiger partial charge on any atom is 0.252 e. The van der Waals surface area contributed by atoms with Crippen molar-refractivity contribution in [1.82, 2.24) is 10.3 Å². The van der Waals surface area contributed by atoms with Crippen LogP contribution in [0.4, 0.5) is 0 Å². The lowest BCUT2D eigenvalue weighted by Gasteiger charge is -2.08. The molecule has 0 saturated heterocycles. The average molecular weight is 261 g/mol. The maximum atomic E-state index is 11.8. The van der Waals surface area contributed by atoms with Gasteiger partial charge in [-0.3, -0.25) is 9.78 Å². The molecular weight excluding hydrogens is 242 g/mol. The molecule has 19 heavy (non-hydrogen) atoms. The molecule has 102 valence electrons. The number of ether oxygens (including phenoxy) is 1. The number of amides is 1. The molecule has 0 atom stereocenters. The molecule has 0 spiro atoms. The Labute approximate surface area is 113 Å². The molecule has 1 amide bonds. The Morgan fingerprint density at radius 2 is 2.32 bits per heavy atom. The fraction of sp³-hybridized carbons (Fsp3) is 0.429. The summed E-state index contributed by atoms with van der Waals surface area (Å²) in [6.45, 7) is 5.14. The Kier molecular flexibility index (Phi) is 6.58. The molecule has 1 aromatic heterocycles. The zero-order valence-corrected chi connectivity index (χ0v) is 11.3. The first-order valence-electron chi connectivity index (χ1n) is 6.17. The predicted octanol–water partition coefficient (Wildman–Crippen LogP) is 0.547. The maximum absolute atomic E-state index is 11.8. The van der Waals surface area contributed by atoms with E-state index >= 15 is 0 Å². The normalized spacial score (nSPS) is 9.89. The van der Waals surface area contributed by atoms with E-state index in [-0.39, 0.29) is 18.6 Å². The van der Waals surface area contributed by atoms with Gasteiger partial charge in [-0.2, -0.15) is 0 Å². The third-order valence-electron chi connectivity index (χ3n) is 2.17. The molecule has 0 bridgehead atoms. The van der Waals surface area contributed by atoms with Crippen molar-refractivity contribution in [3.05, 3.63) is 29.6 Å². The summed E-state index contributed by atoms with van der Waals surface area (Å²) in [5.41, 5.74) is 6.45. The highest BCUT2D eigenvalue weighted by molar-refractivity contribution is 5.94. The summed E-state index contributed by atoms with van der Waals surface area (Å²) in [5, 5.41) is 2.76. The molecule has 0 aliphatic carbocycles. The summed E-state index contributed by atoms with van der Waals surface area (Å²) in [7, 11) is 0. The van der Waals surface area contributed by atoms with Gasteiger partial charge in [-0.05, 0) is 19.9 Å². The summed E-state index contributed by atoms with van der Waals surface area (Å²) in [6.07, 6.45) is 3.27. The SMILES string of the molecule is CC(C)OCCNC(=O)c1cncc(C#CCN)c1. The molecule has 0 fully saturated rings. The van der Waals surface area contributed by atoms with Gasteiger partial charge in [0.25, 0.3) is 5.91 Å². The van der Waals surface area contributed by atoms with E-state index in [9.17, 15) is 4.79 Å². The third kappa shape index (κ3) is 6.00. The van der Waals surface area contributed by atoms with Crippen molar-refractivity contribution in [2.24, 2.45) is 5.73 Å². The molecule has 0 aromatic carbocycles. The van der Waals surface area contributed by atoms with Crippen molar-refractivity contribution in [2.75, 3.05) is 19.7 Å². The van der Waals surface area contributed by atoms with Gasteiger partial charge in [0, 0.05) is 24.5 Å². The molecule has 0 radical (unpaired) electrons. The van der Waals surface area contributed by atoms with Crippen molar-refractivity contribution < 1.29 is 9.53 Å². The molecule has 0 aliphatic rings. The van der Waals surface area contributed by atoms with Gasteiger partial charge in [-0.1, -0.05) is 11.8 Å². The second-order valence-electron chi connectivity index (χ2n) is 4.14. The topological polar surface area (TPSA) is 77.2 Å². The van der Waals surface area contributed by atoms with E-state index in [1.165, 1.54) is 6.20 Å². The average Bonchev–Trinajstić information content (AvgIpc) is 2.41. The highest BCUT2D eigenvalue weighted by Crippen LogP contribution is 2.01. The van der Waals surface area contributed by atoms with Crippen LogP contribution in [0.25, 0.3) is 0 Å². The van der Waals surface area contributed by atoms with Crippen molar-refractivity contribution in [1.29, 1.82) is 0 Å². The Morgan fingerprint density at radius 3 is 3.00 bits per heavy atom. The Hall–Kier alpha value is -1.90. The van der Waals surface area contributed by atoms with Gasteiger partial charge in [0.1, 0.15) is 0 Å². The fourth-order valence-electron chi connectivity index (χ4n) is 1.35. The second kappa shape index (κ2) is 8.25. The van der Waals surface area contributed by atoms with Crippen molar-refractivity contribution >= 4 is 5.91 Å². The van der Waals surface area contributed by atoms with Gasteiger partial charge in [0.05, 0.1) is 24.8 Å². The third-order valence-corrected chi connectivity index (χ3v) is 2.17. The van der Waals surface area contributed by atoms with E-state index in [0.717, 1.165) is 0 Å². The number of pyridine rings is 1. The van der Waals surface area contributed by atoms with Crippen LogP contribution < -0.4 is 11.1 Å². The highest BCUT2D eigenvalue weighted by Gasteiger charge is 2.05. The molecule has 1 rings (SSSR count). The Balaban J connectivity index is 2.52. The summed E-state index contributed by atoms with van der Waals surface area (Å²) in [4.78, 5) is 15.8. The van der Waals surface area contributed by atoms with Crippen LogP contribution in [-0.4, -0.2) is 36.7 Å². The number of hydrogen-bond donors (Lipinski definition) is 2. The standard InChI is InChI=1S/C14H19N3O2/c1-11(2)19-7-6-17-14(18)13-8-12(4-3-5-15)9-16-10-13/h8-11H,5-7,15H2,1-2H3,(H,17,18). The lowest BCUT2D eigenvalue weighted by molar-refractivity contribution is 0.0746. The summed E-state index contributed by atoms with van der Waals surface area (Å²) in [5.74, 6) is 5.38. The molecule has 0 unspecified atom stereocenters. The number of rotatable bonds is 5. The molecule has 1 heterocycles. The van der Waals surface area contributed by atoms with Crippen molar-refractivity contribution in [3.63, 3.8) is 0 Å². The number of carbonyl (C=O) groups is 1. The number of carbonyl (C=O) groups excluding carboxylic acids is 1. The number of aromatic nitrogens is 1. The zero-order valence-electron chi connectivity index (χ0n) is 11.3. The van der Waals surface area contributed by atoms with Crippen LogP contribution in [0, 0.1) is 11.8 Å². The second-order valence-corrected chi connectivity index (χ2v) is 4.14. The van der Waals surface area contributed by atoms with E-state index in [2.05, 4.69) is 22.1 Å². The molecule has 5 nitrogen and oxygen atoms in total. The largest absolute Gasteiger partial charge is 0.377 e. The first-order valence-corrected chi connectivity index (χ1v) is 6.17. The van der Waals surface area contributed by atoms with Crippen LogP contribution in [-0.2, 0) is 4.74 Å². The van der Waals surface area contributed by atoms with Crippen LogP contribution in [0.2, 0.25) is 0 Å². The van der Waals surface area contributed by atoms with E-state index in [1.54, 1.807) is 12.3 Å². The van der Waals surface area contributed by atoms with Crippen molar-refractivity contribution in [3.8, 4) is 11.8 Å².